The molecule has 0 amide bonds. The average molecular weight is 396 g/mol. The lowest BCUT2D eigenvalue weighted by Crippen LogP contribution is -2.35. The molecule has 9 heteroatoms. The minimum Gasteiger partial charge on any atom is -0.489 e. The van der Waals surface area contributed by atoms with Crippen LogP contribution in [0.4, 0.5) is 11.4 Å². The molecule has 0 aromatic heterocycles. The summed E-state index contributed by atoms with van der Waals surface area (Å²) in [5.41, 5.74) is 20.1. The molecule has 0 saturated heterocycles. The molecular formula is C15H22BrN7O. The number of nitrogens with two attached hydrogens (primary N) is 3. The first-order valence-corrected chi connectivity index (χ1v) is 8.21. The van der Waals surface area contributed by atoms with Crippen molar-refractivity contribution in [1.29, 1.82) is 5.41 Å². The summed E-state index contributed by atoms with van der Waals surface area (Å²) in [6, 6.07) is 3.57. The zero-order valence-corrected chi connectivity index (χ0v) is 15.2. The summed E-state index contributed by atoms with van der Waals surface area (Å²) in [5, 5.41) is 14.1. The van der Waals surface area contributed by atoms with Crippen molar-refractivity contribution in [3.8, 4) is 5.75 Å². The monoisotopic (exact) mass is 395 g/mol. The number of hydrogen-bond donors (Lipinski definition) is 6. The number of anilines is 2. The zero-order valence-electron chi connectivity index (χ0n) is 13.6. The van der Waals surface area contributed by atoms with E-state index in [1.54, 1.807) is 6.07 Å². The highest BCUT2D eigenvalue weighted by atomic mass is 79.9. The molecule has 0 spiro atoms. The number of benzene rings is 1. The highest BCUT2D eigenvalue weighted by molar-refractivity contribution is 9.18. The van der Waals surface area contributed by atoms with Crippen LogP contribution in [-0.2, 0) is 6.54 Å². The number of halogens is 1. The van der Waals surface area contributed by atoms with Gasteiger partial charge in [0, 0.05) is 18.3 Å². The van der Waals surface area contributed by atoms with Gasteiger partial charge in [-0.15, -0.1) is 0 Å². The Hall–Kier alpha value is -2.26. The molecule has 0 saturated carbocycles. The van der Waals surface area contributed by atoms with E-state index in [1.165, 1.54) is 0 Å². The summed E-state index contributed by atoms with van der Waals surface area (Å²) in [6.07, 6.45) is -0.0254. The van der Waals surface area contributed by atoms with E-state index in [0.717, 1.165) is 5.56 Å². The third-order valence-corrected chi connectivity index (χ3v) is 3.71. The predicted molar refractivity (Wildman–Crippen MR) is 101 cm³/mol. The second-order valence-corrected chi connectivity index (χ2v) is 6.28. The molecule has 0 aliphatic carbocycles. The van der Waals surface area contributed by atoms with Crippen LogP contribution in [0.3, 0.4) is 0 Å². The first-order chi connectivity index (χ1) is 11.3. The van der Waals surface area contributed by atoms with Crippen LogP contribution in [0.1, 0.15) is 19.4 Å². The van der Waals surface area contributed by atoms with Gasteiger partial charge in [0.1, 0.15) is 28.7 Å². The van der Waals surface area contributed by atoms with Crippen LogP contribution in [-0.4, -0.2) is 23.2 Å². The average Bonchev–Trinajstić information content (AvgIpc) is 2.48. The van der Waals surface area contributed by atoms with Crippen molar-refractivity contribution in [2.45, 2.75) is 26.5 Å². The maximum atomic E-state index is 7.84. The summed E-state index contributed by atoms with van der Waals surface area (Å²) >= 11 is 3.14. The first-order valence-electron chi connectivity index (χ1n) is 7.42. The fraction of sp³-hybridized carbons (Fsp3) is 0.333. The second-order valence-electron chi connectivity index (χ2n) is 5.49. The topological polar surface area (TPSA) is 148 Å². The minimum absolute atomic E-state index is 0.0254. The molecule has 1 aromatic rings. The van der Waals surface area contributed by atoms with Crippen LogP contribution < -0.4 is 32.6 Å². The lowest BCUT2D eigenvalue weighted by atomic mass is 10.1. The van der Waals surface area contributed by atoms with Crippen LogP contribution in [0.15, 0.2) is 28.5 Å². The highest BCUT2D eigenvalue weighted by Gasteiger charge is 2.20. The van der Waals surface area contributed by atoms with Crippen molar-refractivity contribution in [2.24, 2.45) is 16.5 Å². The maximum absolute atomic E-state index is 7.84. The molecule has 9 N–H and O–H groups in total. The van der Waals surface area contributed by atoms with Gasteiger partial charge < -0.3 is 32.6 Å². The lowest BCUT2D eigenvalue weighted by Gasteiger charge is -2.23. The van der Waals surface area contributed by atoms with Gasteiger partial charge in [-0.1, -0.05) is 0 Å². The molecule has 0 bridgehead atoms. The van der Waals surface area contributed by atoms with Crippen LogP contribution >= 0.6 is 15.9 Å². The summed E-state index contributed by atoms with van der Waals surface area (Å²) in [4.78, 5) is 4.09. The number of nitrogens with one attached hydrogen (secondary N) is 3. The predicted octanol–water partition coefficient (Wildman–Crippen LogP) is 1.43. The second kappa shape index (κ2) is 7.54. The largest absolute Gasteiger partial charge is 0.489 e. The fourth-order valence-electron chi connectivity index (χ4n) is 2.23. The third kappa shape index (κ3) is 3.98. The van der Waals surface area contributed by atoms with E-state index in [9.17, 15) is 0 Å². The summed E-state index contributed by atoms with van der Waals surface area (Å²) in [7, 11) is 0. The Morgan fingerprint density at radius 3 is 2.75 bits per heavy atom. The highest BCUT2D eigenvalue weighted by Crippen LogP contribution is 2.32. The van der Waals surface area contributed by atoms with Gasteiger partial charge in [-0.05, 0) is 41.4 Å². The molecular weight excluding hydrogens is 374 g/mol. The fourth-order valence-corrected chi connectivity index (χ4v) is 2.63. The van der Waals surface area contributed by atoms with E-state index in [2.05, 4.69) is 31.6 Å². The molecule has 24 heavy (non-hydrogen) atoms. The van der Waals surface area contributed by atoms with Crippen molar-refractivity contribution in [3.63, 3.8) is 0 Å². The van der Waals surface area contributed by atoms with Gasteiger partial charge in [-0.25, -0.2) is 4.99 Å². The Balaban J connectivity index is 2.48. The van der Waals surface area contributed by atoms with E-state index < -0.39 is 0 Å². The molecule has 8 nitrogen and oxygen atoms in total. The number of ether oxygens (including phenoxy) is 1. The van der Waals surface area contributed by atoms with Crippen LogP contribution in [0, 0.1) is 5.41 Å². The number of hydrogen-bond acceptors (Lipinski definition) is 8. The minimum atomic E-state index is -0.0254. The van der Waals surface area contributed by atoms with Crippen LogP contribution in [0.25, 0.3) is 0 Å². The van der Waals surface area contributed by atoms with E-state index in [4.69, 9.17) is 27.3 Å². The van der Waals surface area contributed by atoms with Crippen molar-refractivity contribution < 1.29 is 4.74 Å². The van der Waals surface area contributed by atoms with Gasteiger partial charge >= 0.3 is 0 Å². The number of amidine groups is 1. The molecule has 1 aliphatic rings. The molecule has 2 rings (SSSR count). The first kappa shape index (κ1) is 18.1. The van der Waals surface area contributed by atoms with Gasteiger partial charge in [0.15, 0.2) is 0 Å². The Morgan fingerprint density at radius 1 is 1.46 bits per heavy atom. The molecule has 0 atom stereocenters. The Morgan fingerprint density at radius 2 is 2.17 bits per heavy atom. The van der Waals surface area contributed by atoms with E-state index in [1.807, 2.05) is 19.9 Å². The third-order valence-electron chi connectivity index (χ3n) is 3.31. The molecule has 1 heterocycles. The number of nitrogens with zero attached hydrogens (tertiary/aromatic N) is 1. The molecule has 0 radical (unpaired) electrons. The van der Waals surface area contributed by atoms with Gasteiger partial charge in [-0.3, -0.25) is 5.41 Å². The number of aliphatic imine (C=N–C) groups is 1. The smallest absolute Gasteiger partial charge is 0.145 e. The molecule has 1 aliphatic heterocycles. The SMILES string of the molecule is CC(C)Oc1cc(N)c(CN)cc1NC1=C(C(=N)Br)C(N)=NCN1. The summed E-state index contributed by atoms with van der Waals surface area (Å²) in [6.45, 7) is 4.48. The number of rotatable bonds is 6. The van der Waals surface area contributed by atoms with Crippen molar-refractivity contribution in [1.82, 2.24) is 5.32 Å². The van der Waals surface area contributed by atoms with Crippen LogP contribution in [0.2, 0.25) is 0 Å². The quantitative estimate of drug-likeness (QED) is 0.317. The van der Waals surface area contributed by atoms with E-state index in [0.29, 0.717) is 41.7 Å². The molecule has 130 valence electrons. The van der Waals surface area contributed by atoms with Crippen molar-refractivity contribution in [3.05, 3.63) is 29.1 Å². The molecule has 0 fully saturated rings. The number of nitrogen functional groups attached to an aromatic ring is 1. The van der Waals surface area contributed by atoms with Gasteiger partial charge in [0.05, 0.1) is 17.4 Å². The standard InChI is InChI=1S/C15H22BrN7O/c1-7(2)24-11-4-9(18)8(5-17)3-10(11)23-15-12(13(16)19)14(20)21-6-22-15/h3-4,7,19,22-23H,5-6,17-18H2,1-2H3,(H2,20,21). The summed E-state index contributed by atoms with van der Waals surface area (Å²) in [5.74, 6) is 1.43. The summed E-state index contributed by atoms with van der Waals surface area (Å²) < 4.78 is 5.95. The van der Waals surface area contributed by atoms with E-state index >= 15 is 0 Å². The maximum Gasteiger partial charge on any atom is 0.145 e. The Kier molecular flexibility index (Phi) is 5.68. The van der Waals surface area contributed by atoms with Crippen molar-refractivity contribution >= 4 is 37.8 Å². The Labute approximate surface area is 149 Å². The zero-order chi connectivity index (χ0) is 17.9. The lowest BCUT2D eigenvalue weighted by molar-refractivity contribution is 0.244. The van der Waals surface area contributed by atoms with E-state index in [-0.39, 0.29) is 16.6 Å². The Bertz CT molecular complexity index is 712. The molecule has 0 unspecified atom stereocenters. The van der Waals surface area contributed by atoms with Crippen molar-refractivity contribution in [2.75, 3.05) is 17.7 Å². The van der Waals surface area contributed by atoms with Crippen LogP contribution in [0.5, 0.6) is 5.75 Å². The van der Waals surface area contributed by atoms with Gasteiger partial charge in [-0.2, -0.15) is 0 Å². The van der Waals surface area contributed by atoms with Gasteiger partial charge in [0.25, 0.3) is 0 Å². The normalized spacial score (nSPS) is 14.3. The molecule has 1 aromatic carbocycles. The van der Waals surface area contributed by atoms with Gasteiger partial charge in [0.2, 0.25) is 0 Å².